The molecule has 0 aliphatic carbocycles. The molecule has 0 atom stereocenters. The third-order valence-electron chi connectivity index (χ3n) is 5.74. The van der Waals surface area contributed by atoms with Crippen LogP contribution in [0.3, 0.4) is 0 Å². The zero-order chi connectivity index (χ0) is 24.9. The van der Waals surface area contributed by atoms with E-state index in [-0.39, 0.29) is 28.2 Å². The average Bonchev–Trinajstić information content (AvgIpc) is 3.26. The zero-order valence-corrected chi connectivity index (χ0v) is 19.5. The van der Waals surface area contributed by atoms with Crippen molar-refractivity contribution >= 4 is 40.4 Å². The van der Waals surface area contributed by atoms with Crippen LogP contribution in [0.5, 0.6) is 5.88 Å². The van der Waals surface area contributed by atoms with Crippen molar-refractivity contribution in [1.82, 2.24) is 9.78 Å². The van der Waals surface area contributed by atoms with Gasteiger partial charge in [0, 0.05) is 22.7 Å². The fourth-order valence-corrected chi connectivity index (χ4v) is 4.13. The zero-order valence-electron chi connectivity index (χ0n) is 18.7. The number of carbonyl (C=O) groups excluding carboxylic acids is 2. The van der Waals surface area contributed by atoms with Crippen LogP contribution in [0.1, 0.15) is 16.8 Å². The van der Waals surface area contributed by atoms with Gasteiger partial charge in [-0.1, -0.05) is 11.6 Å². The van der Waals surface area contributed by atoms with Gasteiger partial charge in [0.05, 0.1) is 17.1 Å². The molecule has 7 nitrogen and oxygen atoms in total. The number of benzene rings is 2. The van der Waals surface area contributed by atoms with Crippen molar-refractivity contribution in [1.29, 1.82) is 0 Å². The second-order valence-electron chi connectivity index (χ2n) is 8.08. The largest absolute Gasteiger partial charge is 0.858 e. The van der Waals surface area contributed by atoms with Crippen molar-refractivity contribution < 1.29 is 23.7 Å². The number of aromatic nitrogens is 3. The van der Waals surface area contributed by atoms with Crippen LogP contribution in [0.4, 0.5) is 10.1 Å². The number of nitrogens with zero attached hydrogens (tertiary/aromatic N) is 4. The molecule has 9 heteroatoms. The van der Waals surface area contributed by atoms with Crippen molar-refractivity contribution in [3.8, 4) is 11.6 Å². The Labute approximate surface area is 204 Å². The normalized spacial score (nSPS) is 13.8. The van der Waals surface area contributed by atoms with Gasteiger partial charge in [-0.25, -0.2) is 14.0 Å². The molecule has 2 aromatic carbocycles. The SMILES string of the molecule is Cc1cc[n+](C2=C(c3c(C)nn(-c4ccc(Cl)cc4)c3[O-])C(=O)N(c3ccc(F)cc3)C2=O)cc1. The van der Waals surface area contributed by atoms with Crippen LogP contribution in [-0.4, -0.2) is 21.6 Å². The van der Waals surface area contributed by atoms with E-state index < -0.39 is 23.5 Å². The first-order chi connectivity index (χ1) is 16.8. The van der Waals surface area contributed by atoms with E-state index in [4.69, 9.17) is 11.6 Å². The minimum atomic E-state index is -0.694. The van der Waals surface area contributed by atoms with E-state index >= 15 is 0 Å². The van der Waals surface area contributed by atoms with Gasteiger partial charge in [-0.05, 0) is 73.8 Å². The van der Waals surface area contributed by atoms with Gasteiger partial charge in [-0.3, -0.25) is 9.59 Å². The summed E-state index contributed by atoms with van der Waals surface area (Å²) in [4.78, 5) is 28.2. The van der Waals surface area contributed by atoms with Crippen LogP contribution in [0.25, 0.3) is 17.0 Å². The van der Waals surface area contributed by atoms with E-state index in [1.54, 1.807) is 55.7 Å². The van der Waals surface area contributed by atoms with Crippen molar-refractivity contribution in [2.75, 3.05) is 4.90 Å². The number of imide groups is 1. The fraction of sp³-hybridized carbons (Fsp3) is 0.0769. The first-order valence-electron chi connectivity index (χ1n) is 10.7. The summed E-state index contributed by atoms with van der Waals surface area (Å²) in [6.45, 7) is 3.49. The van der Waals surface area contributed by atoms with E-state index in [0.29, 0.717) is 10.7 Å². The van der Waals surface area contributed by atoms with Crippen molar-refractivity contribution in [2.45, 2.75) is 13.8 Å². The number of amides is 2. The maximum Gasteiger partial charge on any atom is 0.331 e. The van der Waals surface area contributed by atoms with E-state index in [1.807, 2.05) is 6.92 Å². The molecule has 5 rings (SSSR count). The summed E-state index contributed by atoms with van der Waals surface area (Å²) in [6, 6.07) is 15.1. The van der Waals surface area contributed by atoms with Gasteiger partial charge in [-0.15, -0.1) is 0 Å². The van der Waals surface area contributed by atoms with Crippen LogP contribution in [0, 0.1) is 19.7 Å². The monoisotopic (exact) mass is 488 g/mol. The molecule has 0 saturated carbocycles. The van der Waals surface area contributed by atoms with Gasteiger partial charge in [0.2, 0.25) is 0 Å². The Hall–Kier alpha value is -4.30. The molecule has 1 aliphatic heterocycles. The molecule has 0 saturated heterocycles. The van der Waals surface area contributed by atoms with Crippen molar-refractivity contribution in [2.24, 2.45) is 0 Å². The lowest BCUT2D eigenvalue weighted by Gasteiger charge is -2.15. The van der Waals surface area contributed by atoms with E-state index in [0.717, 1.165) is 22.6 Å². The molecule has 0 unspecified atom stereocenters. The highest BCUT2D eigenvalue weighted by molar-refractivity contribution is 6.53. The molecule has 2 amide bonds. The molecule has 0 spiro atoms. The number of halogens is 2. The third kappa shape index (κ3) is 3.77. The van der Waals surface area contributed by atoms with Crippen LogP contribution in [0.2, 0.25) is 5.02 Å². The Kier molecular flexibility index (Phi) is 5.45. The molecule has 0 bridgehead atoms. The Morgan fingerprint density at radius 3 is 2.11 bits per heavy atom. The summed E-state index contributed by atoms with van der Waals surface area (Å²) in [5, 5.41) is 18.4. The number of hydrogen-bond acceptors (Lipinski definition) is 4. The lowest BCUT2D eigenvalue weighted by Crippen LogP contribution is -2.39. The highest BCUT2D eigenvalue weighted by atomic mass is 35.5. The molecule has 0 radical (unpaired) electrons. The predicted octanol–water partition coefficient (Wildman–Crippen LogP) is 3.58. The van der Waals surface area contributed by atoms with Crippen LogP contribution >= 0.6 is 11.6 Å². The van der Waals surface area contributed by atoms with Crippen molar-refractivity contribution in [3.63, 3.8) is 0 Å². The Morgan fingerprint density at radius 1 is 0.886 bits per heavy atom. The van der Waals surface area contributed by atoms with Gasteiger partial charge >= 0.3 is 5.91 Å². The van der Waals surface area contributed by atoms with E-state index in [9.17, 15) is 19.1 Å². The maximum atomic E-state index is 13.7. The van der Waals surface area contributed by atoms with Crippen LogP contribution in [-0.2, 0) is 9.59 Å². The molecule has 2 aromatic heterocycles. The Balaban J connectivity index is 1.73. The van der Waals surface area contributed by atoms with Gasteiger partial charge in [0.1, 0.15) is 11.4 Å². The molecule has 4 aromatic rings. The summed E-state index contributed by atoms with van der Waals surface area (Å²) in [5.41, 5.74) is 1.85. The molecule has 1 aliphatic rings. The van der Waals surface area contributed by atoms with E-state index in [2.05, 4.69) is 5.10 Å². The minimum Gasteiger partial charge on any atom is -0.858 e. The number of aryl methyl sites for hydroxylation is 2. The smallest absolute Gasteiger partial charge is 0.331 e. The molecule has 0 N–H and O–H groups in total. The van der Waals surface area contributed by atoms with Gasteiger partial charge in [-0.2, -0.15) is 9.67 Å². The lowest BCUT2D eigenvalue weighted by molar-refractivity contribution is -0.576. The first-order valence-corrected chi connectivity index (χ1v) is 11.0. The maximum absolute atomic E-state index is 13.7. The summed E-state index contributed by atoms with van der Waals surface area (Å²) in [7, 11) is 0. The van der Waals surface area contributed by atoms with Crippen LogP contribution in [0.15, 0.2) is 73.1 Å². The molecular weight excluding hydrogens is 471 g/mol. The van der Waals surface area contributed by atoms with Gasteiger partial charge in [0.25, 0.3) is 11.6 Å². The van der Waals surface area contributed by atoms with Crippen molar-refractivity contribution in [3.05, 3.63) is 101 Å². The quantitative estimate of drug-likeness (QED) is 0.325. The topological polar surface area (TPSA) is 82.1 Å². The minimum absolute atomic E-state index is 0.00943. The number of anilines is 1. The number of rotatable bonds is 4. The molecule has 0 fully saturated rings. The molecule has 3 heterocycles. The summed E-state index contributed by atoms with van der Waals surface area (Å²) in [5.74, 6) is -2.38. The number of hydrogen-bond donors (Lipinski definition) is 0. The van der Waals surface area contributed by atoms with Gasteiger partial charge in [0.15, 0.2) is 12.4 Å². The van der Waals surface area contributed by atoms with Gasteiger partial charge < -0.3 is 5.11 Å². The third-order valence-corrected chi connectivity index (χ3v) is 5.99. The number of carbonyl (C=O) groups is 2. The Bertz CT molecular complexity index is 1510. The van der Waals surface area contributed by atoms with E-state index in [1.165, 1.54) is 21.4 Å². The molecular formula is C26H18ClFN4O3. The fourth-order valence-electron chi connectivity index (χ4n) is 4.01. The second-order valence-corrected chi connectivity index (χ2v) is 8.52. The average molecular weight is 489 g/mol. The standard InChI is InChI=1S/C26H18ClFN4O3/c1-15-11-13-30(14-12-15)23-22(24(33)31(26(23)35)19-9-5-18(28)6-10-19)21-16(2)29-32(25(21)34)20-7-3-17(27)4-8-20/h3-14H,1-2H3. The van der Waals surface area contributed by atoms with Crippen LogP contribution < -0.4 is 14.6 Å². The first kappa shape index (κ1) is 22.5. The lowest BCUT2D eigenvalue weighted by atomic mass is 10.0. The molecule has 35 heavy (non-hydrogen) atoms. The number of pyridine rings is 1. The second kappa shape index (κ2) is 8.48. The molecule has 174 valence electrons. The summed E-state index contributed by atoms with van der Waals surface area (Å²) >= 11 is 5.97. The predicted molar refractivity (Wildman–Crippen MR) is 126 cm³/mol. The summed E-state index contributed by atoms with van der Waals surface area (Å²) < 4.78 is 16.2. The summed E-state index contributed by atoms with van der Waals surface area (Å²) in [6.07, 6.45) is 3.29. The Morgan fingerprint density at radius 2 is 1.49 bits per heavy atom. The highest BCUT2D eigenvalue weighted by Crippen LogP contribution is 2.38. The highest BCUT2D eigenvalue weighted by Gasteiger charge is 2.47.